The number of aliphatic hydroxyl groups is 1. The number of aliphatic hydroxyl groups excluding tert-OH is 1. The average molecular weight is 324 g/mol. The van der Waals surface area contributed by atoms with Crippen LogP contribution < -0.4 is 0 Å². The highest BCUT2D eigenvalue weighted by atomic mass is 35.5. The summed E-state index contributed by atoms with van der Waals surface area (Å²) < 4.78 is 0. The van der Waals surface area contributed by atoms with Gasteiger partial charge in [-0.2, -0.15) is 0 Å². The second-order valence-electron chi connectivity index (χ2n) is 5.43. The number of halogens is 2. The van der Waals surface area contributed by atoms with Crippen LogP contribution in [0.4, 0.5) is 0 Å². The molecular formula is C17H19Cl2NO. The van der Waals surface area contributed by atoms with Gasteiger partial charge in [-0.3, -0.25) is 4.90 Å². The van der Waals surface area contributed by atoms with Gasteiger partial charge in [0.1, 0.15) is 0 Å². The summed E-state index contributed by atoms with van der Waals surface area (Å²) in [5.41, 5.74) is 3.62. The Labute approximate surface area is 136 Å². The van der Waals surface area contributed by atoms with Crippen LogP contribution in [-0.4, -0.2) is 17.1 Å². The van der Waals surface area contributed by atoms with Crippen molar-refractivity contribution in [2.75, 3.05) is 7.05 Å². The van der Waals surface area contributed by atoms with Crippen LogP contribution in [0.15, 0.2) is 48.5 Å². The molecule has 0 saturated heterocycles. The lowest BCUT2D eigenvalue weighted by Crippen LogP contribution is -2.19. The predicted octanol–water partition coefficient (Wildman–Crippen LogP) is 4.37. The largest absolute Gasteiger partial charge is 0.388 e. The first kappa shape index (κ1) is 16.3. The lowest BCUT2D eigenvalue weighted by molar-refractivity contribution is 0.120. The van der Waals surface area contributed by atoms with Crippen LogP contribution in [0, 0.1) is 0 Å². The number of nitrogens with zero attached hydrogens (tertiary/aromatic N) is 1. The maximum absolute atomic E-state index is 10.4. The third-order valence-corrected chi connectivity index (χ3v) is 4.32. The van der Waals surface area contributed by atoms with Gasteiger partial charge in [0.25, 0.3) is 0 Å². The van der Waals surface area contributed by atoms with E-state index in [1.54, 1.807) is 0 Å². The first-order chi connectivity index (χ1) is 9.65. The maximum atomic E-state index is 10.4. The highest BCUT2D eigenvalue weighted by Crippen LogP contribution is 2.38. The topological polar surface area (TPSA) is 23.5 Å². The fourth-order valence-corrected chi connectivity index (χ4v) is 3.08. The molecule has 0 fully saturated rings. The molecule has 2 nitrogen and oxygen atoms in total. The fourth-order valence-electron chi connectivity index (χ4n) is 2.96. The average Bonchev–Trinajstić information content (AvgIpc) is 2.76. The van der Waals surface area contributed by atoms with Crippen LogP contribution in [-0.2, 0) is 6.54 Å². The third kappa shape index (κ3) is 3.41. The zero-order chi connectivity index (χ0) is 14.1. The van der Waals surface area contributed by atoms with Crippen molar-refractivity contribution in [1.29, 1.82) is 0 Å². The van der Waals surface area contributed by atoms with Crippen molar-refractivity contribution in [1.82, 2.24) is 4.90 Å². The Morgan fingerprint density at radius 3 is 2.57 bits per heavy atom. The summed E-state index contributed by atoms with van der Waals surface area (Å²) in [7, 11) is 2.11. The molecule has 0 amide bonds. The standard InChI is InChI=1S/C17H18ClNO.ClH/c1-19-11-13-4-2-3-5-15(13)16(19)10-17(20)12-6-8-14(18)9-7-12;/h2-9,16-17,20H,10-11H2,1H3;1H/t16-,17+;/m1./s1. The first-order valence-corrected chi connectivity index (χ1v) is 7.24. The Bertz CT molecular complexity index is 600. The van der Waals surface area contributed by atoms with E-state index in [1.165, 1.54) is 11.1 Å². The number of hydrogen-bond donors (Lipinski definition) is 1. The van der Waals surface area contributed by atoms with Gasteiger partial charge >= 0.3 is 0 Å². The van der Waals surface area contributed by atoms with Crippen molar-refractivity contribution in [2.45, 2.75) is 25.1 Å². The lowest BCUT2D eigenvalue weighted by atomic mass is 9.96. The highest BCUT2D eigenvalue weighted by Gasteiger charge is 2.29. The van der Waals surface area contributed by atoms with Crippen LogP contribution in [0.25, 0.3) is 0 Å². The molecule has 2 aromatic carbocycles. The second-order valence-corrected chi connectivity index (χ2v) is 5.87. The zero-order valence-electron chi connectivity index (χ0n) is 11.9. The Kier molecular flexibility index (Phi) is 5.28. The molecule has 1 aliphatic rings. The van der Waals surface area contributed by atoms with E-state index in [9.17, 15) is 5.11 Å². The summed E-state index contributed by atoms with van der Waals surface area (Å²) in [5, 5.41) is 11.1. The third-order valence-electron chi connectivity index (χ3n) is 4.07. The monoisotopic (exact) mass is 323 g/mol. The summed E-state index contributed by atoms with van der Waals surface area (Å²) in [5.74, 6) is 0. The number of rotatable bonds is 3. The van der Waals surface area contributed by atoms with Crippen LogP contribution in [0.5, 0.6) is 0 Å². The molecule has 2 aromatic rings. The Morgan fingerprint density at radius 2 is 1.86 bits per heavy atom. The molecule has 0 saturated carbocycles. The highest BCUT2D eigenvalue weighted by molar-refractivity contribution is 6.30. The molecule has 0 bridgehead atoms. The van der Waals surface area contributed by atoms with Gasteiger partial charge in [-0.05, 0) is 42.3 Å². The lowest BCUT2D eigenvalue weighted by Gasteiger charge is -2.23. The van der Waals surface area contributed by atoms with Gasteiger partial charge in [0.2, 0.25) is 0 Å². The predicted molar refractivity (Wildman–Crippen MR) is 88.9 cm³/mol. The minimum absolute atomic E-state index is 0. The molecule has 21 heavy (non-hydrogen) atoms. The molecule has 1 heterocycles. The first-order valence-electron chi connectivity index (χ1n) is 6.86. The Balaban J connectivity index is 0.00000161. The molecule has 0 unspecified atom stereocenters. The Morgan fingerprint density at radius 1 is 1.19 bits per heavy atom. The number of benzene rings is 2. The van der Waals surface area contributed by atoms with Gasteiger partial charge in [-0.25, -0.2) is 0 Å². The van der Waals surface area contributed by atoms with Gasteiger partial charge in [0, 0.05) is 17.6 Å². The molecule has 0 radical (unpaired) electrons. The van der Waals surface area contributed by atoms with Crippen molar-refractivity contribution >= 4 is 24.0 Å². The summed E-state index contributed by atoms with van der Waals surface area (Å²) in [6.45, 7) is 0.953. The molecule has 2 atom stereocenters. The van der Waals surface area contributed by atoms with Gasteiger partial charge in [-0.15, -0.1) is 12.4 Å². The molecule has 1 aliphatic heterocycles. The van der Waals surface area contributed by atoms with Crippen molar-refractivity contribution < 1.29 is 5.11 Å². The van der Waals surface area contributed by atoms with Crippen molar-refractivity contribution in [3.8, 4) is 0 Å². The molecule has 4 heteroatoms. The van der Waals surface area contributed by atoms with E-state index in [1.807, 2.05) is 24.3 Å². The maximum Gasteiger partial charge on any atom is 0.0808 e. The number of fused-ring (bicyclic) bond motifs is 1. The van der Waals surface area contributed by atoms with Crippen LogP contribution in [0.2, 0.25) is 5.02 Å². The van der Waals surface area contributed by atoms with Crippen LogP contribution in [0.3, 0.4) is 0 Å². The SMILES string of the molecule is CN1Cc2ccccc2[C@H]1C[C@H](O)c1ccc(Cl)cc1.Cl. The minimum Gasteiger partial charge on any atom is -0.388 e. The summed E-state index contributed by atoms with van der Waals surface area (Å²) in [6, 6.07) is 16.2. The van der Waals surface area contributed by atoms with Crippen LogP contribution in [0.1, 0.15) is 35.3 Å². The van der Waals surface area contributed by atoms with E-state index < -0.39 is 6.10 Å². The van der Waals surface area contributed by atoms with E-state index >= 15 is 0 Å². The smallest absolute Gasteiger partial charge is 0.0808 e. The second kappa shape index (κ2) is 6.80. The molecular weight excluding hydrogens is 305 g/mol. The van der Waals surface area contributed by atoms with E-state index in [4.69, 9.17) is 11.6 Å². The van der Waals surface area contributed by atoms with E-state index in [0.717, 1.165) is 12.1 Å². The van der Waals surface area contributed by atoms with Crippen LogP contribution >= 0.6 is 24.0 Å². The fraction of sp³-hybridized carbons (Fsp3) is 0.294. The molecule has 112 valence electrons. The van der Waals surface area contributed by atoms with Gasteiger partial charge in [0.15, 0.2) is 0 Å². The molecule has 3 rings (SSSR count). The molecule has 0 spiro atoms. The molecule has 0 aromatic heterocycles. The minimum atomic E-state index is -0.467. The van der Waals surface area contributed by atoms with Gasteiger partial charge in [0.05, 0.1) is 6.10 Å². The van der Waals surface area contributed by atoms with E-state index in [-0.39, 0.29) is 18.4 Å². The van der Waals surface area contributed by atoms with Crippen molar-refractivity contribution in [2.24, 2.45) is 0 Å². The summed E-state index contributed by atoms with van der Waals surface area (Å²) >= 11 is 5.89. The van der Waals surface area contributed by atoms with E-state index in [0.29, 0.717) is 11.4 Å². The normalized spacial score (nSPS) is 18.9. The molecule has 0 aliphatic carbocycles. The summed E-state index contributed by atoms with van der Waals surface area (Å²) in [6.07, 6.45) is 0.237. The summed E-state index contributed by atoms with van der Waals surface area (Å²) in [4.78, 5) is 2.30. The number of hydrogen-bond acceptors (Lipinski definition) is 2. The van der Waals surface area contributed by atoms with Crippen molar-refractivity contribution in [3.63, 3.8) is 0 Å². The molecule has 1 N–H and O–H groups in total. The van der Waals surface area contributed by atoms with Gasteiger partial charge in [-0.1, -0.05) is 48.0 Å². The Hall–Kier alpha value is -1.06. The van der Waals surface area contributed by atoms with E-state index in [2.05, 4.69) is 36.2 Å². The van der Waals surface area contributed by atoms with Gasteiger partial charge < -0.3 is 5.11 Å². The quantitative estimate of drug-likeness (QED) is 0.906. The van der Waals surface area contributed by atoms with Crippen molar-refractivity contribution in [3.05, 3.63) is 70.2 Å². The zero-order valence-corrected chi connectivity index (χ0v) is 13.4.